The van der Waals surface area contributed by atoms with Crippen molar-refractivity contribution in [2.45, 2.75) is 13.8 Å². The van der Waals surface area contributed by atoms with Gasteiger partial charge in [-0.1, -0.05) is 5.16 Å². The number of nitrogens with one attached hydrogen (secondary N) is 1. The molecule has 7 heteroatoms. The number of oxime groups is 1. The highest BCUT2D eigenvalue weighted by Gasteiger charge is 2.13. The average molecular weight is 281 g/mol. The van der Waals surface area contributed by atoms with Gasteiger partial charge in [0.1, 0.15) is 11.4 Å². The molecule has 0 aromatic carbocycles. The number of carbonyl (C=O) groups excluding carboxylic acids is 1. The molecule has 2 aromatic heterocycles. The van der Waals surface area contributed by atoms with Crippen molar-refractivity contribution in [2.75, 3.05) is 5.32 Å². The standard InChI is InChI=1S/C11H11N3O2S2/c1-6-3-4-17-9(6)10(15)13-11-12-8(5-18-11)7(2)14-16/h3-5,16H,1-2H3,(H,12,13,15)/b14-7+. The van der Waals surface area contributed by atoms with E-state index in [-0.39, 0.29) is 5.91 Å². The van der Waals surface area contributed by atoms with Gasteiger partial charge < -0.3 is 5.21 Å². The molecule has 0 spiro atoms. The van der Waals surface area contributed by atoms with E-state index < -0.39 is 0 Å². The van der Waals surface area contributed by atoms with E-state index in [2.05, 4.69) is 15.5 Å². The van der Waals surface area contributed by atoms with E-state index >= 15 is 0 Å². The molecule has 0 aliphatic heterocycles. The monoisotopic (exact) mass is 281 g/mol. The molecule has 94 valence electrons. The first kappa shape index (κ1) is 12.7. The fraction of sp³-hybridized carbons (Fsp3) is 0.182. The van der Waals surface area contributed by atoms with Crippen LogP contribution in [0.4, 0.5) is 5.13 Å². The topological polar surface area (TPSA) is 74.6 Å². The molecule has 0 radical (unpaired) electrons. The van der Waals surface area contributed by atoms with Crippen molar-refractivity contribution in [2.24, 2.45) is 5.16 Å². The first-order valence-corrected chi connectivity index (χ1v) is 6.87. The second-order valence-electron chi connectivity index (χ2n) is 3.61. The van der Waals surface area contributed by atoms with E-state index in [1.54, 1.807) is 12.3 Å². The zero-order chi connectivity index (χ0) is 13.1. The highest BCUT2D eigenvalue weighted by Crippen LogP contribution is 2.20. The molecule has 0 unspecified atom stereocenters. The first-order valence-electron chi connectivity index (χ1n) is 5.12. The number of thiazole rings is 1. The quantitative estimate of drug-likeness (QED) is 0.516. The number of anilines is 1. The van der Waals surface area contributed by atoms with Gasteiger partial charge >= 0.3 is 0 Å². The molecule has 0 aliphatic carbocycles. The molecule has 5 nitrogen and oxygen atoms in total. The van der Waals surface area contributed by atoms with Crippen molar-refractivity contribution in [3.63, 3.8) is 0 Å². The summed E-state index contributed by atoms with van der Waals surface area (Å²) in [6.07, 6.45) is 0. The maximum Gasteiger partial charge on any atom is 0.267 e. The molecule has 0 aliphatic rings. The Hall–Kier alpha value is -1.73. The number of amides is 1. The molecule has 1 amide bonds. The Bertz CT molecular complexity index is 601. The zero-order valence-electron chi connectivity index (χ0n) is 9.80. The van der Waals surface area contributed by atoms with Gasteiger partial charge in [0, 0.05) is 5.38 Å². The van der Waals surface area contributed by atoms with Crippen LogP contribution in [-0.4, -0.2) is 21.8 Å². The number of rotatable bonds is 3. The van der Waals surface area contributed by atoms with Gasteiger partial charge in [-0.25, -0.2) is 4.98 Å². The van der Waals surface area contributed by atoms with Crippen LogP contribution in [0.2, 0.25) is 0 Å². The number of aryl methyl sites for hydroxylation is 1. The number of thiophene rings is 1. The van der Waals surface area contributed by atoms with Crippen LogP contribution >= 0.6 is 22.7 Å². The smallest absolute Gasteiger partial charge is 0.267 e. The predicted molar refractivity (Wildman–Crippen MR) is 73.1 cm³/mol. The average Bonchev–Trinajstić information content (AvgIpc) is 2.97. The van der Waals surface area contributed by atoms with Crippen molar-refractivity contribution in [1.82, 2.24) is 4.98 Å². The fourth-order valence-electron chi connectivity index (χ4n) is 1.31. The summed E-state index contributed by atoms with van der Waals surface area (Å²) in [4.78, 5) is 16.8. The lowest BCUT2D eigenvalue weighted by Crippen LogP contribution is -2.11. The Morgan fingerprint density at radius 3 is 2.89 bits per heavy atom. The van der Waals surface area contributed by atoms with E-state index in [1.807, 2.05) is 18.4 Å². The summed E-state index contributed by atoms with van der Waals surface area (Å²) in [6.45, 7) is 3.53. The van der Waals surface area contributed by atoms with Crippen LogP contribution in [0.15, 0.2) is 22.0 Å². The summed E-state index contributed by atoms with van der Waals surface area (Å²) in [5, 5.41) is 18.5. The number of carbonyl (C=O) groups is 1. The largest absolute Gasteiger partial charge is 0.411 e. The molecular weight excluding hydrogens is 270 g/mol. The molecule has 2 aromatic rings. The fourth-order valence-corrected chi connectivity index (χ4v) is 2.88. The minimum atomic E-state index is -0.165. The SMILES string of the molecule is C/C(=N\O)c1csc(NC(=O)c2sccc2C)n1. The lowest BCUT2D eigenvalue weighted by atomic mass is 10.3. The molecular formula is C11H11N3O2S2. The maximum atomic E-state index is 11.9. The van der Waals surface area contributed by atoms with Crippen molar-refractivity contribution < 1.29 is 10.0 Å². The van der Waals surface area contributed by atoms with Gasteiger partial charge in [0.05, 0.1) is 4.88 Å². The van der Waals surface area contributed by atoms with Crippen molar-refractivity contribution in [3.8, 4) is 0 Å². The summed E-state index contributed by atoms with van der Waals surface area (Å²) < 4.78 is 0. The van der Waals surface area contributed by atoms with Crippen molar-refractivity contribution >= 4 is 39.4 Å². The van der Waals surface area contributed by atoms with E-state index in [4.69, 9.17) is 5.21 Å². The third-order valence-electron chi connectivity index (χ3n) is 2.31. The normalized spacial score (nSPS) is 11.6. The molecule has 0 bridgehead atoms. The summed E-state index contributed by atoms with van der Waals surface area (Å²) in [5.41, 5.74) is 1.92. The third-order valence-corrected chi connectivity index (χ3v) is 4.09. The zero-order valence-corrected chi connectivity index (χ0v) is 11.4. The van der Waals surface area contributed by atoms with Crippen LogP contribution in [0.1, 0.15) is 27.9 Å². The third kappa shape index (κ3) is 2.57. The molecule has 2 N–H and O–H groups in total. The minimum Gasteiger partial charge on any atom is -0.411 e. The minimum absolute atomic E-state index is 0.165. The Kier molecular flexibility index (Phi) is 3.73. The molecule has 18 heavy (non-hydrogen) atoms. The van der Waals surface area contributed by atoms with Crippen LogP contribution in [-0.2, 0) is 0 Å². The Labute approximate surface area is 112 Å². The molecule has 2 rings (SSSR count). The highest BCUT2D eigenvalue weighted by atomic mass is 32.1. The Balaban J connectivity index is 2.13. The lowest BCUT2D eigenvalue weighted by Gasteiger charge is -1.99. The van der Waals surface area contributed by atoms with Crippen molar-refractivity contribution in [1.29, 1.82) is 0 Å². The lowest BCUT2D eigenvalue weighted by molar-refractivity contribution is 0.103. The number of nitrogens with zero attached hydrogens (tertiary/aromatic N) is 2. The van der Waals surface area contributed by atoms with E-state index in [0.717, 1.165) is 5.56 Å². The van der Waals surface area contributed by atoms with Crippen molar-refractivity contribution in [3.05, 3.63) is 33.0 Å². The van der Waals surface area contributed by atoms with Gasteiger partial charge in [-0.05, 0) is 30.9 Å². The van der Waals surface area contributed by atoms with Gasteiger partial charge in [0.25, 0.3) is 5.91 Å². The van der Waals surface area contributed by atoms with Crippen LogP contribution in [0.3, 0.4) is 0 Å². The van der Waals surface area contributed by atoms with Crippen LogP contribution in [0.5, 0.6) is 0 Å². The van der Waals surface area contributed by atoms with Crippen LogP contribution in [0.25, 0.3) is 0 Å². The molecule has 0 saturated carbocycles. The molecule has 0 fully saturated rings. The molecule has 0 saturated heterocycles. The maximum absolute atomic E-state index is 11.9. The number of aromatic nitrogens is 1. The molecule has 0 atom stereocenters. The van der Waals surface area contributed by atoms with E-state index in [9.17, 15) is 4.79 Å². The van der Waals surface area contributed by atoms with Crippen LogP contribution in [0, 0.1) is 6.92 Å². The van der Waals surface area contributed by atoms with Gasteiger partial charge in [0.2, 0.25) is 0 Å². The van der Waals surface area contributed by atoms with Gasteiger partial charge in [-0.2, -0.15) is 0 Å². The number of hydrogen-bond acceptors (Lipinski definition) is 6. The summed E-state index contributed by atoms with van der Waals surface area (Å²) in [6, 6.07) is 1.90. The summed E-state index contributed by atoms with van der Waals surface area (Å²) in [7, 11) is 0. The van der Waals surface area contributed by atoms with E-state index in [0.29, 0.717) is 21.4 Å². The highest BCUT2D eigenvalue weighted by molar-refractivity contribution is 7.14. The molecule has 2 heterocycles. The Morgan fingerprint density at radius 1 is 1.50 bits per heavy atom. The predicted octanol–water partition coefficient (Wildman–Crippen LogP) is 2.96. The van der Waals surface area contributed by atoms with Gasteiger partial charge in [0.15, 0.2) is 5.13 Å². The number of hydrogen-bond donors (Lipinski definition) is 2. The van der Waals surface area contributed by atoms with Gasteiger partial charge in [-0.3, -0.25) is 10.1 Å². The first-order chi connectivity index (χ1) is 8.61. The summed E-state index contributed by atoms with van der Waals surface area (Å²) in [5.74, 6) is -0.165. The second-order valence-corrected chi connectivity index (χ2v) is 5.38. The van der Waals surface area contributed by atoms with Crippen LogP contribution < -0.4 is 5.32 Å². The van der Waals surface area contributed by atoms with E-state index in [1.165, 1.54) is 22.7 Å². The summed E-state index contributed by atoms with van der Waals surface area (Å²) >= 11 is 2.69. The van der Waals surface area contributed by atoms with Gasteiger partial charge in [-0.15, -0.1) is 22.7 Å². The Morgan fingerprint density at radius 2 is 2.28 bits per heavy atom. The second kappa shape index (κ2) is 5.28.